The van der Waals surface area contributed by atoms with Gasteiger partial charge < -0.3 is 14.9 Å². The van der Waals surface area contributed by atoms with E-state index in [1.54, 1.807) is 26.8 Å². The monoisotopic (exact) mass is 591 g/mol. The second-order valence-electron chi connectivity index (χ2n) is 10.7. The van der Waals surface area contributed by atoms with Gasteiger partial charge in [-0.2, -0.15) is 0 Å². The van der Waals surface area contributed by atoms with Crippen LogP contribution >= 0.6 is 11.6 Å². The summed E-state index contributed by atoms with van der Waals surface area (Å²) >= 11 is 6.45. The zero-order valence-corrected chi connectivity index (χ0v) is 24.1. The van der Waals surface area contributed by atoms with Crippen molar-refractivity contribution >= 4 is 40.3 Å². The van der Waals surface area contributed by atoms with Crippen molar-refractivity contribution in [3.05, 3.63) is 69.7 Å². The molecule has 4 heterocycles. The molecule has 12 heteroatoms. The lowest BCUT2D eigenvalue weighted by atomic mass is 9.98. The van der Waals surface area contributed by atoms with Crippen LogP contribution in [0.4, 0.5) is 14.6 Å². The molecule has 9 nitrogen and oxygen atoms in total. The van der Waals surface area contributed by atoms with Crippen LogP contribution in [0.3, 0.4) is 0 Å². The fraction of sp³-hybridized carbons (Fsp3) is 0.333. The van der Waals surface area contributed by atoms with E-state index in [0.717, 1.165) is 24.5 Å². The standard InChI is InChI=1S/C30H28ClF2N7O2/c1-15-10-19(36-16(2)35-15)11-24(32)30(42)40-8-6-39(7-9-40)29-22-14-34-27(26(33)28(22)37-17(3)38-29)21-12-20(41)13-23(31)25(21)18-4-5-18/h10-14,18,41H,4-9H2,1-3H3/b24-11-. The Morgan fingerprint density at radius 3 is 2.43 bits per heavy atom. The number of phenols is 1. The van der Waals surface area contributed by atoms with E-state index in [-0.39, 0.29) is 36.0 Å². The number of aromatic nitrogens is 5. The van der Waals surface area contributed by atoms with E-state index in [1.165, 1.54) is 23.2 Å². The highest BCUT2D eigenvalue weighted by Gasteiger charge is 2.32. The first-order valence-electron chi connectivity index (χ1n) is 13.7. The third-order valence-corrected chi connectivity index (χ3v) is 7.77. The largest absolute Gasteiger partial charge is 0.508 e. The summed E-state index contributed by atoms with van der Waals surface area (Å²) in [6, 6.07) is 4.56. The summed E-state index contributed by atoms with van der Waals surface area (Å²) in [7, 11) is 0. The average Bonchev–Trinajstić information content (AvgIpc) is 3.77. The van der Waals surface area contributed by atoms with Crippen molar-refractivity contribution < 1.29 is 18.7 Å². The highest BCUT2D eigenvalue weighted by Crippen LogP contribution is 2.49. The molecule has 1 saturated carbocycles. The Bertz CT molecular complexity index is 1750. The van der Waals surface area contributed by atoms with E-state index < -0.39 is 17.6 Å². The smallest absolute Gasteiger partial charge is 0.282 e. The van der Waals surface area contributed by atoms with Gasteiger partial charge >= 0.3 is 0 Å². The highest BCUT2D eigenvalue weighted by atomic mass is 35.5. The molecule has 0 spiro atoms. The Labute approximate surface area is 245 Å². The number of hydrogen-bond acceptors (Lipinski definition) is 8. The van der Waals surface area contributed by atoms with Crippen LogP contribution in [0.2, 0.25) is 5.02 Å². The zero-order chi connectivity index (χ0) is 29.7. The van der Waals surface area contributed by atoms with Crippen LogP contribution in [0.5, 0.6) is 5.75 Å². The average molecular weight is 592 g/mol. The molecule has 0 atom stereocenters. The van der Waals surface area contributed by atoms with Gasteiger partial charge in [0.1, 0.15) is 34.4 Å². The fourth-order valence-corrected chi connectivity index (χ4v) is 5.82. The molecule has 6 rings (SSSR count). The number of carbonyl (C=O) groups excluding carboxylic acids is 1. The lowest BCUT2D eigenvalue weighted by Gasteiger charge is -2.35. The Morgan fingerprint density at radius 2 is 1.74 bits per heavy atom. The summed E-state index contributed by atoms with van der Waals surface area (Å²) in [5, 5.41) is 11.0. The molecule has 0 unspecified atom stereocenters. The second-order valence-corrected chi connectivity index (χ2v) is 11.1. The molecule has 4 aromatic rings. The van der Waals surface area contributed by atoms with Crippen molar-refractivity contribution in [1.82, 2.24) is 29.8 Å². The van der Waals surface area contributed by atoms with Gasteiger partial charge in [0, 0.05) is 54.7 Å². The Balaban J connectivity index is 1.26. The maximum Gasteiger partial charge on any atom is 0.282 e. The summed E-state index contributed by atoms with van der Waals surface area (Å²) in [4.78, 5) is 37.9. The lowest BCUT2D eigenvalue weighted by Crippen LogP contribution is -2.49. The van der Waals surface area contributed by atoms with Gasteiger partial charge in [-0.15, -0.1) is 0 Å². The number of aromatic hydroxyl groups is 1. The van der Waals surface area contributed by atoms with Gasteiger partial charge in [-0.05, 0) is 63.3 Å². The highest BCUT2D eigenvalue weighted by molar-refractivity contribution is 6.32. The zero-order valence-electron chi connectivity index (χ0n) is 23.3. The molecule has 0 bridgehead atoms. The molecule has 216 valence electrons. The summed E-state index contributed by atoms with van der Waals surface area (Å²) in [5.74, 6) is -0.772. The van der Waals surface area contributed by atoms with Crippen molar-refractivity contribution in [1.29, 1.82) is 0 Å². The van der Waals surface area contributed by atoms with Crippen LogP contribution in [-0.4, -0.2) is 67.0 Å². The van der Waals surface area contributed by atoms with Crippen LogP contribution < -0.4 is 4.90 Å². The number of piperazine rings is 1. The van der Waals surface area contributed by atoms with E-state index in [4.69, 9.17) is 11.6 Å². The maximum atomic E-state index is 16.1. The van der Waals surface area contributed by atoms with Crippen LogP contribution in [-0.2, 0) is 4.79 Å². The van der Waals surface area contributed by atoms with E-state index in [2.05, 4.69) is 24.9 Å². The molecule has 2 fully saturated rings. The maximum absolute atomic E-state index is 16.1. The normalized spacial score (nSPS) is 15.9. The molecule has 2 aliphatic rings. The molecule has 3 aromatic heterocycles. The van der Waals surface area contributed by atoms with E-state index in [9.17, 15) is 14.3 Å². The Hall–Kier alpha value is -4.25. The number of pyridine rings is 1. The Morgan fingerprint density at radius 1 is 1.02 bits per heavy atom. The first-order valence-corrected chi connectivity index (χ1v) is 14.1. The summed E-state index contributed by atoms with van der Waals surface area (Å²) < 4.78 is 31.0. The van der Waals surface area contributed by atoms with Crippen LogP contribution in [0.15, 0.2) is 30.2 Å². The van der Waals surface area contributed by atoms with Crippen LogP contribution in [0.25, 0.3) is 28.2 Å². The van der Waals surface area contributed by atoms with E-state index >= 15 is 4.39 Å². The van der Waals surface area contributed by atoms with Crippen molar-refractivity contribution in [3.8, 4) is 17.0 Å². The summed E-state index contributed by atoms with van der Waals surface area (Å²) in [5.41, 5.74) is 2.41. The van der Waals surface area contributed by atoms with Gasteiger partial charge in [0.15, 0.2) is 11.6 Å². The minimum Gasteiger partial charge on any atom is -0.508 e. The molecular weight excluding hydrogens is 564 g/mol. The van der Waals surface area contributed by atoms with Crippen molar-refractivity contribution in [2.45, 2.75) is 39.5 Å². The molecule has 1 N–H and O–H groups in total. The third-order valence-electron chi connectivity index (χ3n) is 7.46. The number of rotatable bonds is 5. The summed E-state index contributed by atoms with van der Waals surface area (Å²) in [6.07, 6.45) is 4.53. The number of fused-ring (bicyclic) bond motifs is 1. The van der Waals surface area contributed by atoms with Crippen molar-refractivity contribution in [3.63, 3.8) is 0 Å². The minimum absolute atomic E-state index is 0.0676. The number of phenolic OH excluding ortho intramolecular Hbond substituents is 1. The minimum atomic E-state index is -0.902. The topological polar surface area (TPSA) is 108 Å². The summed E-state index contributed by atoms with van der Waals surface area (Å²) in [6.45, 7) is 6.36. The molecule has 1 aliphatic heterocycles. The molecule has 1 aromatic carbocycles. The van der Waals surface area contributed by atoms with Gasteiger partial charge in [0.25, 0.3) is 5.91 Å². The van der Waals surface area contributed by atoms with Gasteiger partial charge in [-0.25, -0.2) is 28.7 Å². The molecule has 1 amide bonds. The molecule has 1 saturated heterocycles. The number of amides is 1. The number of nitrogens with zero attached hydrogens (tertiary/aromatic N) is 7. The molecule has 1 aliphatic carbocycles. The van der Waals surface area contributed by atoms with E-state index in [1.807, 2.05) is 4.90 Å². The molecule has 0 radical (unpaired) electrons. The van der Waals surface area contributed by atoms with Crippen LogP contribution in [0, 0.1) is 26.6 Å². The number of aryl methyl sites for hydroxylation is 3. The molecule has 42 heavy (non-hydrogen) atoms. The number of anilines is 1. The predicted molar refractivity (Wildman–Crippen MR) is 155 cm³/mol. The number of halogens is 3. The lowest BCUT2D eigenvalue weighted by molar-refractivity contribution is -0.128. The SMILES string of the molecule is Cc1cc(/C=C(\F)C(=O)N2CCN(c3nc(C)nc4c(F)c(-c5cc(O)cc(Cl)c5C5CC5)ncc34)CC2)nc(C)n1. The van der Waals surface area contributed by atoms with Crippen molar-refractivity contribution in [2.75, 3.05) is 31.1 Å². The van der Waals surface area contributed by atoms with E-state index in [0.29, 0.717) is 57.9 Å². The predicted octanol–water partition coefficient (Wildman–Crippen LogP) is 5.44. The second kappa shape index (κ2) is 10.9. The number of carbonyl (C=O) groups is 1. The number of benzene rings is 1. The first-order chi connectivity index (χ1) is 20.1. The quantitative estimate of drug-likeness (QED) is 0.306. The van der Waals surface area contributed by atoms with Crippen LogP contribution in [0.1, 0.15) is 47.4 Å². The van der Waals surface area contributed by atoms with Gasteiger partial charge in [-0.1, -0.05) is 11.6 Å². The van der Waals surface area contributed by atoms with Crippen molar-refractivity contribution in [2.24, 2.45) is 0 Å². The first kappa shape index (κ1) is 27.9. The fourth-order valence-electron chi connectivity index (χ4n) is 5.45. The third kappa shape index (κ3) is 5.36. The van der Waals surface area contributed by atoms with Gasteiger partial charge in [-0.3, -0.25) is 9.78 Å². The number of hydrogen-bond donors (Lipinski definition) is 1. The van der Waals surface area contributed by atoms with Gasteiger partial charge in [0.2, 0.25) is 0 Å². The van der Waals surface area contributed by atoms with Gasteiger partial charge in [0.05, 0.1) is 11.1 Å². The molecular formula is C30H28ClF2N7O2. The Kier molecular flexibility index (Phi) is 7.22.